The van der Waals surface area contributed by atoms with Crippen molar-refractivity contribution in [1.82, 2.24) is 16.2 Å². The lowest BCUT2D eigenvalue weighted by Crippen LogP contribution is -2.48. The zero-order chi connectivity index (χ0) is 19.6. The molecule has 0 fully saturated rings. The van der Waals surface area contributed by atoms with Crippen LogP contribution in [0.4, 0.5) is 4.79 Å². The Kier molecular flexibility index (Phi) is 8.02. The first-order chi connectivity index (χ1) is 13.0. The second-order valence-electron chi connectivity index (χ2n) is 5.25. The Bertz CT molecular complexity index is 818. The lowest BCUT2D eigenvalue weighted by Gasteiger charge is -2.13. The number of carbonyl (C=O) groups excluding carboxylic acids is 2. The molecule has 2 aromatic carbocycles. The van der Waals surface area contributed by atoms with Crippen LogP contribution in [0.5, 0.6) is 5.75 Å². The number of benzene rings is 2. The van der Waals surface area contributed by atoms with Crippen molar-refractivity contribution in [2.24, 2.45) is 0 Å². The highest BCUT2D eigenvalue weighted by Gasteiger charge is 2.15. The van der Waals surface area contributed by atoms with Crippen LogP contribution >= 0.6 is 28.1 Å². The van der Waals surface area contributed by atoms with Gasteiger partial charge in [0, 0.05) is 10.9 Å². The van der Waals surface area contributed by atoms with Crippen LogP contribution in [-0.2, 0) is 11.2 Å². The fourth-order valence-corrected chi connectivity index (χ4v) is 2.59. The number of amides is 2. The fourth-order valence-electron chi connectivity index (χ4n) is 2.09. The van der Waals surface area contributed by atoms with E-state index in [0.29, 0.717) is 24.3 Å². The third-order valence-corrected chi connectivity index (χ3v) is 4.07. The molecule has 0 unspecified atom stereocenters. The van der Waals surface area contributed by atoms with Gasteiger partial charge in [0.05, 0.1) is 19.3 Å². The largest absolute Gasteiger partial charge is 0.492 e. The summed E-state index contributed by atoms with van der Waals surface area (Å²) in [5.74, 6) is -0.0504. The predicted molar refractivity (Wildman–Crippen MR) is 109 cm³/mol. The van der Waals surface area contributed by atoms with E-state index in [1.54, 1.807) is 18.2 Å². The maximum Gasteiger partial charge on any atom is 0.425 e. The Labute approximate surface area is 170 Å². The minimum atomic E-state index is -0.737. The molecule has 27 heavy (non-hydrogen) atoms. The lowest BCUT2D eigenvalue weighted by atomic mass is 10.1. The molecular formula is C18H18BrN3O4S. The van der Waals surface area contributed by atoms with Crippen LogP contribution in [0, 0.1) is 0 Å². The Morgan fingerprint density at radius 1 is 1.11 bits per heavy atom. The molecule has 3 N–H and O–H groups in total. The molecule has 9 heteroatoms. The average molecular weight is 452 g/mol. The maximum absolute atomic E-state index is 12.5. The first-order valence-corrected chi connectivity index (χ1v) is 9.11. The normalized spacial score (nSPS) is 9.85. The van der Waals surface area contributed by atoms with Gasteiger partial charge in [-0.25, -0.2) is 10.2 Å². The summed E-state index contributed by atoms with van der Waals surface area (Å²) in [6.45, 7) is 0.415. The van der Waals surface area contributed by atoms with Gasteiger partial charge in [0.1, 0.15) is 5.75 Å². The van der Waals surface area contributed by atoms with Crippen LogP contribution in [0.25, 0.3) is 0 Å². The summed E-state index contributed by atoms with van der Waals surface area (Å²) in [6, 6.07) is 15.0. The second-order valence-corrected chi connectivity index (χ2v) is 6.57. The van der Waals surface area contributed by atoms with E-state index in [4.69, 9.17) is 17.0 Å². The van der Waals surface area contributed by atoms with E-state index in [1.165, 1.54) is 7.11 Å². The number of hydrogen-bond donors (Lipinski definition) is 3. The number of hydrazine groups is 1. The summed E-state index contributed by atoms with van der Waals surface area (Å²) >= 11 is 8.30. The third kappa shape index (κ3) is 6.87. The molecule has 0 aromatic heterocycles. The number of rotatable bonds is 5. The standard InChI is InChI=1S/C18H18BrN3O4S/c1-25-18(24)22-21-17(27)20-16(23)14-11-13(19)7-8-15(14)26-10-9-12-5-3-2-4-6-12/h2-8,11H,9-10H2,1H3,(H,22,24)(H2,20,21,23,27). The van der Waals surface area contributed by atoms with E-state index < -0.39 is 12.0 Å². The highest BCUT2D eigenvalue weighted by Crippen LogP contribution is 2.23. The van der Waals surface area contributed by atoms with E-state index in [1.807, 2.05) is 30.3 Å². The first-order valence-electron chi connectivity index (χ1n) is 7.91. The van der Waals surface area contributed by atoms with Crippen LogP contribution < -0.4 is 20.9 Å². The summed E-state index contributed by atoms with van der Waals surface area (Å²) in [5, 5.41) is 2.38. The van der Waals surface area contributed by atoms with Crippen LogP contribution in [0.15, 0.2) is 53.0 Å². The molecule has 0 aliphatic carbocycles. The summed E-state index contributed by atoms with van der Waals surface area (Å²) < 4.78 is 10.9. The SMILES string of the molecule is COC(=O)NNC(=S)NC(=O)c1cc(Br)ccc1OCCc1ccccc1. The summed E-state index contributed by atoms with van der Waals surface area (Å²) in [7, 11) is 1.21. The monoisotopic (exact) mass is 451 g/mol. The lowest BCUT2D eigenvalue weighted by molar-refractivity contribution is 0.0971. The third-order valence-electron chi connectivity index (χ3n) is 3.37. The number of carbonyl (C=O) groups is 2. The van der Waals surface area contributed by atoms with Gasteiger partial charge >= 0.3 is 6.09 Å². The van der Waals surface area contributed by atoms with Crippen LogP contribution in [0.3, 0.4) is 0 Å². The Hall–Kier alpha value is -2.65. The average Bonchev–Trinajstić information content (AvgIpc) is 2.68. The zero-order valence-corrected chi connectivity index (χ0v) is 16.9. The summed E-state index contributed by atoms with van der Waals surface area (Å²) in [4.78, 5) is 23.5. The molecule has 0 aliphatic heterocycles. The molecule has 0 saturated carbocycles. The molecule has 2 rings (SSSR count). The number of thiocarbonyl (C=S) groups is 1. The van der Waals surface area contributed by atoms with Crippen LogP contribution in [-0.4, -0.2) is 30.8 Å². The number of hydrogen-bond acceptors (Lipinski definition) is 5. The molecule has 0 saturated heterocycles. The van der Waals surface area contributed by atoms with Gasteiger partial charge in [0.25, 0.3) is 5.91 Å². The molecule has 0 spiro atoms. The first kappa shape index (κ1) is 20.7. The molecule has 2 aromatic rings. The van der Waals surface area contributed by atoms with E-state index in [9.17, 15) is 9.59 Å². The van der Waals surface area contributed by atoms with E-state index >= 15 is 0 Å². The summed E-state index contributed by atoms with van der Waals surface area (Å²) in [6.07, 6.45) is -0.0277. The molecule has 2 amide bonds. The van der Waals surface area contributed by atoms with Crippen molar-refractivity contribution in [2.75, 3.05) is 13.7 Å². The van der Waals surface area contributed by atoms with Gasteiger partial charge in [0.15, 0.2) is 5.11 Å². The van der Waals surface area contributed by atoms with E-state index in [-0.39, 0.29) is 5.11 Å². The molecule has 0 heterocycles. The highest BCUT2D eigenvalue weighted by molar-refractivity contribution is 9.10. The van der Waals surface area contributed by atoms with E-state index in [2.05, 4.69) is 36.8 Å². The number of halogens is 1. The van der Waals surface area contributed by atoms with Gasteiger partial charge < -0.3 is 9.47 Å². The minimum Gasteiger partial charge on any atom is -0.492 e. The number of nitrogens with one attached hydrogen (secondary N) is 3. The molecule has 0 atom stereocenters. The number of methoxy groups -OCH3 is 1. The Balaban J connectivity index is 1.98. The highest BCUT2D eigenvalue weighted by atomic mass is 79.9. The molecule has 0 aliphatic rings. The van der Waals surface area contributed by atoms with Crippen molar-refractivity contribution in [3.8, 4) is 5.75 Å². The summed E-state index contributed by atoms with van der Waals surface area (Å²) in [5.41, 5.74) is 5.96. The second kappa shape index (κ2) is 10.5. The van der Waals surface area contributed by atoms with Gasteiger partial charge in [-0.2, -0.15) is 0 Å². The van der Waals surface area contributed by atoms with Gasteiger partial charge in [-0.15, -0.1) is 0 Å². The van der Waals surface area contributed by atoms with Crippen molar-refractivity contribution in [2.45, 2.75) is 6.42 Å². The maximum atomic E-state index is 12.5. The predicted octanol–water partition coefficient (Wildman–Crippen LogP) is 2.95. The van der Waals surface area contributed by atoms with Crippen molar-refractivity contribution < 1.29 is 19.1 Å². The number of ether oxygens (including phenoxy) is 2. The Morgan fingerprint density at radius 3 is 2.56 bits per heavy atom. The molecule has 0 bridgehead atoms. The van der Waals surface area contributed by atoms with Crippen molar-refractivity contribution in [3.63, 3.8) is 0 Å². The molecule has 7 nitrogen and oxygen atoms in total. The Morgan fingerprint density at radius 2 is 1.85 bits per heavy atom. The minimum absolute atomic E-state index is 0.0828. The van der Waals surface area contributed by atoms with E-state index in [0.717, 1.165) is 10.0 Å². The van der Waals surface area contributed by atoms with Gasteiger partial charge in [0.2, 0.25) is 0 Å². The van der Waals surface area contributed by atoms with Crippen molar-refractivity contribution >= 4 is 45.3 Å². The fraction of sp³-hybridized carbons (Fsp3) is 0.167. The van der Waals surface area contributed by atoms with Gasteiger partial charge in [-0.05, 0) is 36.0 Å². The van der Waals surface area contributed by atoms with Gasteiger partial charge in [-0.3, -0.25) is 15.5 Å². The van der Waals surface area contributed by atoms with Crippen molar-refractivity contribution in [1.29, 1.82) is 0 Å². The molecule has 142 valence electrons. The quantitative estimate of drug-likeness (QED) is 0.478. The topological polar surface area (TPSA) is 88.7 Å². The zero-order valence-electron chi connectivity index (χ0n) is 14.5. The molecule has 0 radical (unpaired) electrons. The van der Waals surface area contributed by atoms with Crippen LogP contribution in [0.2, 0.25) is 0 Å². The van der Waals surface area contributed by atoms with Gasteiger partial charge in [-0.1, -0.05) is 46.3 Å². The smallest absolute Gasteiger partial charge is 0.425 e. The molecular weight excluding hydrogens is 434 g/mol. The van der Waals surface area contributed by atoms with Crippen molar-refractivity contribution in [3.05, 3.63) is 64.1 Å². The van der Waals surface area contributed by atoms with Crippen LogP contribution in [0.1, 0.15) is 15.9 Å².